The molecule has 6 heteroatoms. The van der Waals surface area contributed by atoms with Gasteiger partial charge in [0.25, 0.3) is 0 Å². The molecule has 0 bridgehead atoms. The predicted molar refractivity (Wildman–Crippen MR) is 74.8 cm³/mol. The van der Waals surface area contributed by atoms with Gasteiger partial charge < -0.3 is 0 Å². The molecule has 4 aromatic rings. The maximum atomic E-state index is 4.51. The average Bonchev–Trinajstić information content (AvgIpc) is 3.18. The molecule has 0 fully saturated rings. The fraction of sp³-hybridized carbons (Fsp3) is 0. The van der Waals surface area contributed by atoms with Crippen molar-refractivity contribution in [3.05, 3.63) is 41.8 Å². The molecule has 0 radical (unpaired) electrons. The van der Waals surface area contributed by atoms with Crippen LogP contribution in [0.3, 0.4) is 0 Å². The Balaban J connectivity index is 1.85. The van der Waals surface area contributed by atoms with Gasteiger partial charge in [-0.05, 0) is 17.5 Å². The number of rotatable bonds is 2. The van der Waals surface area contributed by atoms with Crippen LogP contribution in [0.5, 0.6) is 0 Å². The third kappa shape index (κ3) is 1.65. The molecule has 19 heavy (non-hydrogen) atoms. The average molecular weight is 267 g/mol. The van der Waals surface area contributed by atoms with Crippen molar-refractivity contribution in [2.45, 2.75) is 0 Å². The van der Waals surface area contributed by atoms with E-state index >= 15 is 0 Å². The van der Waals surface area contributed by atoms with Gasteiger partial charge >= 0.3 is 0 Å². The number of hydrogen-bond acceptors (Lipinski definition) is 4. The molecule has 92 valence electrons. The molecule has 0 aliphatic carbocycles. The highest BCUT2D eigenvalue weighted by molar-refractivity contribution is 7.13. The zero-order chi connectivity index (χ0) is 12.7. The van der Waals surface area contributed by atoms with Crippen molar-refractivity contribution in [1.29, 1.82) is 0 Å². The number of para-hydroxylation sites is 1. The highest BCUT2D eigenvalue weighted by Crippen LogP contribution is 2.26. The number of nitrogens with one attached hydrogen (secondary N) is 2. The Kier molecular flexibility index (Phi) is 2.22. The zero-order valence-electron chi connectivity index (χ0n) is 9.79. The molecule has 0 aliphatic rings. The van der Waals surface area contributed by atoms with Gasteiger partial charge in [0, 0.05) is 5.39 Å². The molecule has 4 rings (SSSR count). The first-order valence-corrected chi connectivity index (χ1v) is 6.69. The number of nitrogens with zero attached hydrogens (tertiary/aromatic N) is 3. The van der Waals surface area contributed by atoms with Gasteiger partial charge in [0.2, 0.25) is 5.82 Å². The number of H-pyrrole nitrogens is 2. The van der Waals surface area contributed by atoms with Crippen LogP contribution in [0, 0.1) is 0 Å². The fourth-order valence-electron chi connectivity index (χ4n) is 2.03. The maximum absolute atomic E-state index is 4.51. The lowest BCUT2D eigenvalue weighted by molar-refractivity contribution is 1.07. The highest BCUT2D eigenvalue weighted by atomic mass is 32.1. The fourth-order valence-corrected chi connectivity index (χ4v) is 2.69. The first kappa shape index (κ1) is 10.5. The van der Waals surface area contributed by atoms with Crippen LogP contribution < -0.4 is 0 Å². The smallest absolute Gasteiger partial charge is 0.202 e. The number of benzene rings is 1. The number of thiophene rings is 1. The minimum atomic E-state index is 0.612. The van der Waals surface area contributed by atoms with Crippen molar-refractivity contribution in [1.82, 2.24) is 25.4 Å². The van der Waals surface area contributed by atoms with Crippen LogP contribution in [0.1, 0.15) is 0 Å². The molecule has 3 heterocycles. The van der Waals surface area contributed by atoms with Crippen LogP contribution in [-0.4, -0.2) is 25.4 Å². The number of hydrogen-bond donors (Lipinski definition) is 2. The topological polar surface area (TPSA) is 70.2 Å². The van der Waals surface area contributed by atoms with E-state index in [9.17, 15) is 0 Å². The van der Waals surface area contributed by atoms with Crippen LogP contribution in [0.15, 0.2) is 41.8 Å². The number of fused-ring (bicyclic) bond motifs is 1. The van der Waals surface area contributed by atoms with Gasteiger partial charge in [-0.3, -0.25) is 10.2 Å². The number of aromatic amines is 2. The normalized spacial score (nSPS) is 11.2. The maximum Gasteiger partial charge on any atom is 0.202 e. The Morgan fingerprint density at radius 3 is 2.79 bits per heavy atom. The Hall–Kier alpha value is -2.47. The molecule has 1 aromatic carbocycles. The van der Waals surface area contributed by atoms with E-state index in [-0.39, 0.29) is 0 Å². The van der Waals surface area contributed by atoms with Crippen molar-refractivity contribution in [2.75, 3.05) is 0 Å². The quantitative estimate of drug-likeness (QED) is 0.586. The van der Waals surface area contributed by atoms with E-state index in [1.165, 1.54) is 0 Å². The standard InChI is InChI=1S/C13H9N5S/c1-2-5-9-8(4-1)11(16-15-9)13-14-12(17-18-13)10-6-3-7-19-10/h1-7H,(H,15,16)(H,14,17,18). The second-order valence-corrected chi connectivity index (χ2v) is 5.05. The van der Waals surface area contributed by atoms with Gasteiger partial charge in [-0.1, -0.05) is 24.3 Å². The summed E-state index contributed by atoms with van der Waals surface area (Å²) in [6.45, 7) is 0. The Morgan fingerprint density at radius 2 is 1.89 bits per heavy atom. The van der Waals surface area contributed by atoms with Crippen LogP contribution >= 0.6 is 11.3 Å². The molecule has 3 aromatic heterocycles. The Bertz CT molecular complexity index is 828. The van der Waals surface area contributed by atoms with Crippen LogP contribution in [0.25, 0.3) is 33.1 Å². The zero-order valence-corrected chi connectivity index (χ0v) is 10.6. The molecular weight excluding hydrogens is 258 g/mol. The molecule has 5 nitrogen and oxygen atoms in total. The van der Waals surface area contributed by atoms with E-state index in [0.29, 0.717) is 5.82 Å². The molecular formula is C13H9N5S. The molecule has 0 saturated carbocycles. The van der Waals surface area contributed by atoms with Crippen molar-refractivity contribution in [3.63, 3.8) is 0 Å². The number of aromatic nitrogens is 5. The summed E-state index contributed by atoms with van der Waals surface area (Å²) in [5, 5.41) is 17.5. The molecule has 0 aliphatic heterocycles. The summed E-state index contributed by atoms with van der Waals surface area (Å²) >= 11 is 1.63. The highest BCUT2D eigenvalue weighted by Gasteiger charge is 2.13. The van der Waals surface area contributed by atoms with Crippen LogP contribution in [-0.2, 0) is 0 Å². The minimum absolute atomic E-state index is 0.612. The van der Waals surface area contributed by atoms with E-state index in [4.69, 9.17) is 0 Å². The minimum Gasteiger partial charge on any atom is -0.277 e. The monoisotopic (exact) mass is 267 g/mol. The van der Waals surface area contributed by atoms with Gasteiger partial charge in [0.15, 0.2) is 5.82 Å². The third-order valence-electron chi connectivity index (χ3n) is 2.92. The van der Waals surface area contributed by atoms with Gasteiger partial charge in [-0.2, -0.15) is 10.2 Å². The second-order valence-electron chi connectivity index (χ2n) is 4.10. The SMILES string of the molecule is c1csc(-c2nc(-c3n[nH]c4ccccc34)n[nH]2)c1. The lowest BCUT2D eigenvalue weighted by Crippen LogP contribution is -1.81. The van der Waals surface area contributed by atoms with E-state index in [1.54, 1.807) is 11.3 Å². The van der Waals surface area contributed by atoms with E-state index in [0.717, 1.165) is 27.3 Å². The predicted octanol–water partition coefficient (Wildman–Crippen LogP) is 3.08. The molecule has 0 spiro atoms. The van der Waals surface area contributed by atoms with Gasteiger partial charge in [-0.25, -0.2) is 4.98 Å². The molecule has 0 saturated heterocycles. The molecule has 0 unspecified atom stereocenters. The summed E-state index contributed by atoms with van der Waals surface area (Å²) in [7, 11) is 0. The van der Waals surface area contributed by atoms with E-state index in [2.05, 4.69) is 25.4 Å². The van der Waals surface area contributed by atoms with Crippen molar-refractivity contribution >= 4 is 22.2 Å². The van der Waals surface area contributed by atoms with Crippen molar-refractivity contribution < 1.29 is 0 Å². The summed E-state index contributed by atoms with van der Waals surface area (Å²) in [6, 6.07) is 11.9. The first-order valence-electron chi connectivity index (χ1n) is 5.81. The molecule has 0 amide bonds. The van der Waals surface area contributed by atoms with Crippen molar-refractivity contribution in [2.24, 2.45) is 0 Å². The van der Waals surface area contributed by atoms with Gasteiger partial charge in [-0.15, -0.1) is 11.3 Å². The first-order chi connectivity index (χ1) is 9.42. The van der Waals surface area contributed by atoms with Crippen LogP contribution in [0.4, 0.5) is 0 Å². The lowest BCUT2D eigenvalue weighted by atomic mass is 10.2. The van der Waals surface area contributed by atoms with E-state index < -0.39 is 0 Å². The summed E-state index contributed by atoms with van der Waals surface area (Å²) in [5.41, 5.74) is 1.76. The van der Waals surface area contributed by atoms with E-state index in [1.807, 2.05) is 41.8 Å². The summed E-state index contributed by atoms with van der Waals surface area (Å²) in [4.78, 5) is 5.57. The summed E-state index contributed by atoms with van der Waals surface area (Å²) < 4.78 is 0. The lowest BCUT2D eigenvalue weighted by Gasteiger charge is -1.89. The largest absolute Gasteiger partial charge is 0.277 e. The van der Waals surface area contributed by atoms with Crippen molar-refractivity contribution in [3.8, 4) is 22.2 Å². The molecule has 2 N–H and O–H groups in total. The Morgan fingerprint density at radius 1 is 0.947 bits per heavy atom. The molecule has 0 atom stereocenters. The second kappa shape index (κ2) is 4.03. The van der Waals surface area contributed by atoms with Gasteiger partial charge in [0.1, 0.15) is 5.69 Å². The third-order valence-corrected chi connectivity index (χ3v) is 3.80. The van der Waals surface area contributed by atoms with Gasteiger partial charge in [0.05, 0.1) is 10.4 Å². The summed E-state index contributed by atoms with van der Waals surface area (Å²) in [6.07, 6.45) is 0. The summed E-state index contributed by atoms with van der Waals surface area (Å²) in [5.74, 6) is 1.39. The Labute approximate surface area is 112 Å². The van der Waals surface area contributed by atoms with Crippen LogP contribution in [0.2, 0.25) is 0 Å².